The fourth-order valence-corrected chi connectivity index (χ4v) is 5.49. The Bertz CT molecular complexity index is 853. The Morgan fingerprint density at radius 2 is 1.76 bits per heavy atom. The van der Waals surface area contributed by atoms with Crippen LogP contribution in [-0.2, 0) is 25.5 Å². The van der Waals surface area contributed by atoms with E-state index in [1.807, 2.05) is 6.07 Å². The van der Waals surface area contributed by atoms with Crippen LogP contribution >= 0.6 is 0 Å². The highest BCUT2D eigenvalue weighted by atomic mass is 16.6. The van der Waals surface area contributed by atoms with Gasteiger partial charge < -0.3 is 34.8 Å². The molecule has 1 fully saturated rings. The third-order valence-electron chi connectivity index (χ3n) is 7.37. The number of rotatable bonds is 15. The SMILES string of the molecule is COc1cc(CC2(C(CC(OC(C)=O)C(CCCO)CCC(C)O)OC(C)=O)CCNCC2)ccc1O. The maximum absolute atomic E-state index is 12.3. The molecular formula is C28H45NO8. The van der Waals surface area contributed by atoms with Crippen LogP contribution in [0.15, 0.2) is 18.2 Å². The molecule has 4 unspecified atom stereocenters. The van der Waals surface area contributed by atoms with Gasteiger partial charge >= 0.3 is 11.9 Å². The van der Waals surface area contributed by atoms with E-state index < -0.39 is 35.7 Å². The van der Waals surface area contributed by atoms with Crippen LogP contribution in [0.3, 0.4) is 0 Å². The van der Waals surface area contributed by atoms with E-state index in [0.29, 0.717) is 44.3 Å². The Morgan fingerprint density at radius 3 is 2.32 bits per heavy atom. The van der Waals surface area contributed by atoms with Crippen LogP contribution in [-0.4, -0.2) is 72.4 Å². The van der Waals surface area contributed by atoms with E-state index >= 15 is 0 Å². The van der Waals surface area contributed by atoms with Gasteiger partial charge in [-0.2, -0.15) is 0 Å². The number of phenolic OH excluding ortho intramolecular Hbond substituents is 1. The summed E-state index contributed by atoms with van der Waals surface area (Å²) in [6.45, 7) is 6.01. The Hall–Kier alpha value is -2.36. The fourth-order valence-electron chi connectivity index (χ4n) is 5.49. The van der Waals surface area contributed by atoms with Crippen LogP contribution in [0.4, 0.5) is 0 Å². The predicted molar refractivity (Wildman–Crippen MR) is 139 cm³/mol. The number of hydrogen-bond acceptors (Lipinski definition) is 9. The molecule has 4 atom stereocenters. The quantitative estimate of drug-likeness (QED) is 0.256. The van der Waals surface area contributed by atoms with Crippen LogP contribution in [0, 0.1) is 11.3 Å². The van der Waals surface area contributed by atoms with E-state index in [1.165, 1.54) is 21.0 Å². The normalized spacial score (nSPS) is 18.3. The molecule has 0 bridgehead atoms. The second-order valence-electron chi connectivity index (χ2n) is 10.3. The molecule has 9 nitrogen and oxygen atoms in total. The number of aliphatic hydroxyl groups excluding tert-OH is 2. The van der Waals surface area contributed by atoms with Crippen molar-refractivity contribution in [3.05, 3.63) is 23.8 Å². The standard InChI is InChI=1S/C28H45NO8/c1-19(31)7-9-23(6-5-15-30)25(36-20(2)32)17-27(37-21(3)33)28(11-13-29-14-12-28)18-22-8-10-24(34)26(16-22)35-4/h8,10,16,19,23,25,27,29-31,34H,5-7,9,11-15,17-18H2,1-4H3. The summed E-state index contributed by atoms with van der Waals surface area (Å²) in [4.78, 5) is 24.5. The lowest BCUT2D eigenvalue weighted by Gasteiger charge is -2.45. The molecule has 1 saturated heterocycles. The molecule has 0 spiro atoms. The summed E-state index contributed by atoms with van der Waals surface area (Å²) < 4.78 is 17.1. The van der Waals surface area contributed by atoms with Gasteiger partial charge in [-0.15, -0.1) is 0 Å². The number of aliphatic hydroxyl groups is 2. The Kier molecular flexibility index (Phi) is 12.6. The van der Waals surface area contributed by atoms with Gasteiger partial charge in [0.25, 0.3) is 0 Å². The first kappa shape index (κ1) is 30.9. The number of methoxy groups -OCH3 is 1. The van der Waals surface area contributed by atoms with Gasteiger partial charge in [-0.05, 0) is 88.6 Å². The Balaban J connectivity index is 2.44. The zero-order valence-corrected chi connectivity index (χ0v) is 22.7. The van der Waals surface area contributed by atoms with Crippen LogP contribution in [0.5, 0.6) is 11.5 Å². The van der Waals surface area contributed by atoms with Gasteiger partial charge in [-0.1, -0.05) is 6.07 Å². The molecule has 37 heavy (non-hydrogen) atoms. The lowest BCUT2D eigenvalue weighted by molar-refractivity contribution is -0.165. The molecule has 1 aromatic carbocycles. The second-order valence-corrected chi connectivity index (χ2v) is 10.3. The molecule has 1 aliphatic heterocycles. The summed E-state index contributed by atoms with van der Waals surface area (Å²) in [5, 5.41) is 32.8. The summed E-state index contributed by atoms with van der Waals surface area (Å²) in [5.74, 6) is -0.479. The molecular weight excluding hydrogens is 478 g/mol. The first-order valence-corrected chi connectivity index (χ1v) is 13.3. The van der Waals surface area contributed by atoms with Crippen molar-refractivity contribution in [2.75, 3.05) is 26.8 Å². The van der Waals surface area contributed by atoms with Gasteiger partial charge in [-0.3, -0.25) is 9.59 Å². The van der Waals surface area contributed by atoms with Crippen molar-refractivity contribution >= 4 is 11.9 Å². The van der Waals surface area contributed by atoms with E-state index in [2.05, 4.69) is 5.32 Å². The number of aromatic hydroxyl groups is 1. The minimum atomic E-state index is -0.534. The highest BCUT2D eigenvalue weighted by Gasteiger charge is 2.44. The molecule has 0 aliphatic carbocycles. The van der Waals surface area contributed by atoms with E-state index in [0.717, 1.165) is 31.5 Å². The molecule has 2 rings (SSSR count). The Morgan fingerprint density at radius 1 is 1.08 bits per heavy atom. The van der Waals surface area contributed by atoms with Gasteiger partial charge in [-0.25, -0.2) is 0 Å². The van der Waals surface area contributed by atoms with Crippen molar-refractivity contribution in [3.63, 3.8) is 0 Å². The topological polar surface area (TPSA) is 135 Å². The monoisotopic (exact) mass is 523 g/mol. The number of ether oxygens (including phenoxy) is 3. The smallest absolute Gasteiger partial charge is 0.302 e. The van der Waals surface area contributed by atoms with Gasteiger partial charge in [0.2, 0.25) is 0 Å². The number of phenols is 1. The van der Waals surface area contributed by atoms with E-state index in [9.17, 15) is 24.9 Å². The average molecular weight is 524 g/mol. The largest absolute Gasteiger partial charge is 0.504 e. The van der Waals surface area contributed by atoms with E-state index in [1.54, 1.807) is 19.1 Å². The van der Waals surface area contributed by atoms with Crippen molar-refractivity contribution in [3.8, 4) is 11.5 Å². The number of benzene rings is 1. The highest BCUT2D eigenvalue weighted by Crippen LogP contribution is 2.43. The molecule has 1 aromatic rings. The average Bonchev–Trinajstić information content (AvgIpc) is 2.84. The van der Waals surface area contributed by atoms with Crippen molar-refractivity contribution < 1.29 is 39.1 Å². The van der Waals surface area contributed by atoms with Crippen molar-refractivity contribution in [2.24, 2.45) is 11.3 Å². The highest BCUT2D eigenvalue weighted by molar-refractivity contribution is 5.66. The van der Waals surface area contributed by atoms with Gasteiger partial charge in [0.1, 0.15) is 12.2 Å². The first-order chi connectivity index (χ1) is 17.6. The van der Waals surface area contributed by atoms with Crippen LogP contribution in [0.1, 0.15) is 71.3 Å². The van der Waals surface area contributed by atoms with Crippen LogP contribution in [0.2, 0.25) is 0 Å². The molecule has 9 heteroatoms. The minimum absolute atomic E-state index is 0.0175. The molecule has 1 heterocycles. The second kappa shape index (κ2) is 15.1. The number of piperidine rings is 1. The number of nitrogens with one attached hydrogen (secondary N) is 1. The minimum Gasteiger partial charge on any atom is -0.504 e. The van der Waals surface area contributed by atoms with E-state index in [4.69, 9.17) is 14.2 Å². The zero-order chi connectivity index (χ0) is 27.4. The molecule has 4 N–H and O–H groups in total. The maximum Gasteiger partial charge on any atom is 0.302 e. The molecule has 1 aliphatic rings. The van der Waals surface area contributed by atoms with E-state index in [-0.39, 0.29) is 18.3 Å². The third kappa shape index (κ3) is 9.79. The van der Waals surface area contributed by atoms with Crippen molar-refractivity contribution in [2.45, 2.75) is 90.4 Å². The fraction of sp³-hybridized carbons (Fsp3) is 0.714. The maximum atomic E-state index is 12.3. The lowest BCUT2D eigenvalue weighted by atomic mass is 9.68. The van der Waals surface area contributed by atoms with Crippen molar-refractivity contribution in [1.82, 2.24) is 5.32 Å². The van der Waals surface area contributed by atoms with Crippen LogP contribution in [0.25, 0.3) is 0 Å². The number of carbonyl (C=O) groups excluding carboxylic acids is 2. The lowest BCUT2D eigenvalue weighted by Crippen LogP contribution is -2.49. The van der Waals surface area contributed by atoms with Gasteiger partial charge in [0.05, 0.1) is 13.2 Å². The van der Waals surface area contributed by atoms with Crippen LogP contribution < -0.4 is 10.1 Å². The summed E-state index contributed by atoms with van der Waals surface area (Å²) >= 11 is 0. The third-order valence-corrected chi connectivity index (χ3v) is 7.37. The summed E-state index contributed by atoms with van der Waals surface area (Å²) in [7, 11) is 1.50. The molecule has 0 aromatic heterocycles. The summed E-state index contributed by atoms with van der Waals surface area (Å²) in [5.41, 5.74) is 0.520. The number of esters is 2. The van der Waals surface area contributed by atoms with Gasteiger partial charge in [0.15, 0.2) is 11.5 Å². The number of carbonyl (C=O) groups is 2. The summed E-state index contributed by atoms with van der Waals surface area (Å²) in [6, 6.07) is 5.26. The molecule has 0 saturated carbocycles. The molecule has 210 valence electrons. The first-order valence-electron chi connectivity index (χ1n) is 13.3. The summed E-state index contributed by atoms with van der Waals surface area (Å²) in [6.07, 6.45) is 3.16. The zero-order valence-electron chi connectivity index (χ0n) is 22.7. The number of hydrogen-bond donors (Lipinski definition) is 4. The molecule has 0 radical (unpaired) electrons. The predicted octanol–water partition coefficient (Wildman–Crippen LogP) is 3.12. The van der Waals surface area contributed by atoms with Crippen molar-refractivity contribution in [1.29, 1.82) is 0 Å². The van der Waals surface area contributed by atoms with Gasteiger partial charge in [0, 0.05) is 32.3 Å². The Labute approximate surface area is 220 Å². The molecule has 0 amide bonds.